The van der Waals surface area contributed by atoms with E-state index >= 15 is 0 Å². The molecule has 0 aromatic heterocycles. The van der Waals surface area contributed by atoms with Crippen molar-refractivity contribution >= 4 is 41.7 Å². The minimum absolute atomic E-state index is 0. The van der Waals surface area contributed by atoms with Crippen LogP contribution >= 0.6 is 35.7 Å². The van der Waals surface area contributed by atoms with Gasteiger partial charge in [-0.25, -0.2) is 0 Å². The molecule has 2 N–H and O–H groups in total. The molecule has 0 saturated heterocycles. The molecule has 126 valence electrons. The number of nitrogens with zero attached hydrogens (tertiary/aromatic N) is 1. The number of hydrogen-bond donors (Lipinski definition) is 2. The second-order valence-electron chi connectivity index (χ2n) is 6.09. The number of thioether (sulfide) groups is 1. The highest BCUT2D eigenvalue weighted by molar-refractivity contribution is 14.0. The van der Waals surface area contributed by atoms with Crippen LogP contribution in [0.4, 0.5) is 0 Å². The van der Waals surface area contributed by atoms with E-state index in [1.165, 1.54) is 11.1 Å². The Morgan fingerprint density at radius 2 is 2.00 bits per heavy atom. The minimum Gasteiger partial charge on any atom is -0.356 e. The van der Waals surface area contributed by atoms with Crippen LogP contribution in [-0.2, 0) is 0 Å². The zero-order valence-corrected chi connectivity index (χ0v) is 17.7. The summed E-state index contributed by atoms with van der Waals surface area (Å²) in [5, 5.41) is 6.81. The molecule has 0 fully saturated rings. The fourth-order valence-electron chi connectivity index (χ4n) is 1.93. The van der Waals surface area contributed by atoms with E-state index in [-0.39, 0.29) is 28.7 Å². The van der Waals surface area contributed by atoms with E-state index in [0.29, 0.717) is 5.92 Å². The van der Waals surface area contributed by atoms with Gasteiger partial charge in [0.2, 0.25) is 0 Å². The first-order chi connectivity index (χ1) is 9.88. The minimum atomic E-state index is 0. The molecule has 0 spiro atoms. The van der Waals surface area contributed by atoms with Crippen molar-refractivity contribution in [2.24, 2.45) is 4.99 Å². The van der Waals surface area contributed by atoms with Crippen LogP contribution < -0.4 is 10.6 Å². The molecule has 1 aromatic rings. The van der Waals surface area contributed by atoms with Crippen molar-refractivity contribution in [3.05, 3.63) is 35.4 Å². The van der Waals surface area contributed by atoms with Crippen molar-refractivity contribution < 1.29 is 0 Å². The Morgan fingerprint density at radius 1 is 1.32 bits per heavy atom. The fourth-order valence-corrected chi connectivity index (χ4v) is 2.15. The van der Waals surface area contributed by atoms with E-state index in [4.69, 9.17) is 0 Å². The van der Waals surface area contributed by atoms with E-state index in [9.17, 15) is 0 Å². The summed E-state index contributed by atoms with van der Waals surface area (Å²) in [7, 11) is 1.82. The standard InChI is InChI=1S/C17H29N3S.HI/c1-13-8-7-9-15(10-13)14(2)11-19-16(18-5)20-12-17(3,4)21-6;/h7-10,14H,11-12H2,1-6H3,(H2,18,19,20);1H. The van der Waals surface area contributed by atoms with E-state index in [1.54, 1.807) is 0 Å². The Hall–Kier alpha value is -0.430. The first-order valence-electron chi connectivity index (χ1n) is 7.44. The van der Waals surface area contributed by atoms with Gasteiger partial charge in [0.1, 0.15) is 0 Å². The average molecular weight is 435 g/mol. The first-order valence-corrected chi connectivity index (χ1v) is 8.66. The first kappa shape index (κ1) is 21.6. The van der Waals surface area contributed by atoms with E-state index < -0.39 is 0 Å². The molecule has 1 aromatic carbocycles. The maximum atomic E-state index is 4.29. The van der Waals surface area contributed by atoms with Crippen molar-refractivity contribution in [2.45, 2.75) is 38.4 Å². The molecule has 0 aliphatic carbocycles. The largest absolute Gasteiger partial charge is 0.356 e. The normalized spacial score (nSPS) is 13.3. The predicted molar refractivity (Wildman–Crippen MR) is 112 cm³/mol. The van der Waals surface area contributed by atoms with Crippen LogP contribution in [0, 0.1) is 6.92 Å². The second kappa shape index (κ2) is 10.4. The number of nitrogens with one attached hydrogen (secondary N) is 2. The van der Waals surface area contributed by atoms with Crippen LogP contribution in [0.5, 0.6) is 0 Å². The van der Waals surface area contributed by atoms with Gasteiger partial charge in [-0.2, -0.15) is 11.8 Å². The number of hydrogen-bond acceptors (Lipinski definition) is 2. The Bertz CT molecular complexity index is 475. The molecule has 0 amide bonds. The lowest BCUT2D eigenvalue weighted by Gasteiger charge is -2.24. The van der Waals surface area contributed by atoms with Crippen LogP contribution in [0.1, 0.15) is 37.8 Å². The van der Waals surface area contributed by atoms with Crippen molar-refractivity contribution in [1.29, 1.82) is 0 Å². The van der Waals surface area contributed by atoms with Gasteiger partial charge in [0.05, 0.1) is 0 Å². The molecule has 0 aliphatic rings. The van der Waals surface area contributed by atoms with Crippen molar-refractivity contribution in [3.8, 4) is 0 Å². The quantitative estimate of drug-likeness (QED) is 0.403. The summed E-state index contributed by atoms with van der Waals surface area (Å²) in [5.41, 5.74) is 2.67. The summed E-state index contributed by atoms with van der Waals surface area (Å²) >= 11 is 1.86. The van der Waals surface area contributed by atoms with Crippen molar-refractivity contribution in [2.75, 3.05) is 26.4 Å². The maximum Gasteiger partial charge on any atom is 0.191 e. The number of benzene rings is 1. The zero-order chi connectivity index (χ0) is 15.9. The molecular formula is C17H30IN3S. The van der Waals surface area contributed by atoms with Crippen LogP contribution in [0.15, 0.2) is 29.3 Å². The van der Waals surface area contributed by atoms with Gasteiger partial charge in [-0.05, 0) is 38.5 Å². The predicted octanol–water partition coefficient (Wildman–Crippen LogP) is 4.02. The maximum absolute atomic E-state index is 4.29. The van der Waals surface area contributed by atoms with E-state index in [2.05, 4.69) is 73.8 Å². The van der Waals surface area contributed by atoms with Crippen molar-refractivity contribution in [1.82, 2.24) is 10.6 Å². The number of aliphatic imine (C=N–C) groups is 1. The monoisotopic (exact) mass is 435 g/mol. The molecule has 1 rings (SSSR count). The lowest BCUT2D eigenvalue weighted by atomic mass is 9.99. The van der Waals surface area contributed by atoms with Gasteiger partial charge in [-0.3, -0.25) is 4.99 Å². The molecule has 1 atom stereocenters. The Kier molecular flexibility index (Phi) is 10.2. The number of halogens is 1. The highest BCUT2D eigenvalue weighted by Crippen LogP contribution is 2.19. The highest BCUT2D eigenvalue weighted by atomic mass is 127. The van der Waals surface area contributed by atoms with Gasteiger partial charge in [-0.15, -0.1) is 24.0 Å². The molecule has 5 heteroatoms. The Balaban J connectivity index is 0.00000441. The second-order valence-corrected chi connectivity index (χ2v) is 7.60. The average Bonchev–Trinajstić information content (AvgIpc) is 2.47. The summed E-state index contributed by atoms with van der Waals surface area (Å²) in [6.45, 7) is 10.6. The molecule has 22 heavy (non-hydrogen) atoms. The molecule has 0 radical (unpaired) electrons. The smallest absolute Gasteiger partial charge is 0.191 e. The van der Waals surface area contributed by atoms with E-state index in [0.717, 1.165) is 19.0 Å². The summed E-state index contributed by atoms with van der Waals surface area (Å²) < 4.78 is 0.208. The van der Waals surface area contributed by atoms with Crippen LogP contribution in [0.3, 0.4) is 0 Å². The molecule has 3 nitrogen and oxygen atoms in total. The lowest BCUT2D eigenvalue weighted by molar-refractivity contribution is 0.650. The fraction of sp³-hybridized carbons (Fsp3) is 0.588. The number of aryl methyl sites for hydroxylation is 1. The highest BCUT2D eigenvalue weighted by Gasteiger charge is 2.16. The summed E-state index contributed by atoms with van der Waals surface area (Å²) in [5.74, 6) is 1.33. The SMILES string of the molecule is CN=C(NCC(C)c1cccc(C)c1)NCC(C)(C)SC.I. The van der Waals surface area contributed by atoms with Crippen LogP contribution in [-0.4, -0.2) is 37.1 Å². The summed E-state index contributed by atoms with van der Waals surface area (Å²) in [6, 6.07) is 8.69. The Morgan fingerprint density at radius 3 is 2.55 bits per heavy atom. The Labute approximate surface area is 157 Å². The van der Waals surface area contributed by atoms with Gasteiger partial charge in [0.25, 0.3) is 0 Å². The molecule has 0 saturated carbocycles. The van der Waals surface area contributed by atoms with Crippen LogP contribution in [0.2, 0.25) is 0 Å². The van der Waals surface area contributed by atoms with Gasteiger partial charge in [-0.1, -0.05) is 36.8 Å². The third-order valence-corrected chi connectivity index (χ3v) is 4.89. The lowest BCUT2D eigenvalue weighted by Crippen LogP contribution is -2.44. The van der Waals surface area contributed by atoms with E-state index in [1.807, 2.05) is 18.8 Å². The topological polar surface area (TPSA) is 36.4 Å². The molecule has 0 heterocycles. The number of guanidine groups is 1. The van der Waals surface area contributed by atoms with Gasteiger partial charge < -0.3 is 10.6 Å². The van der Waals surface area contributed by atoms with Crippen LogP contribution in [0.25, 0.3) is 0 Å². The van der Waals surface area contributed by atoms with Gasteiger partial charge in [0, 0.05) is 24.9 Å². The third kappa shape index (κ3) is 7.72. The number of rotatable bonds is 6. The molecule has 0 bridgehead atoms. The third-order valence-electron chi connectivity index (χ3n) is 3.64. The molecule has 1 unspecified atom stereocenters. The summed E-state index contributed by atoms with van der Waals surface area (Å²) in [4.78, 5) is 4.29. The molecular weight excluding hydrogens is 405 g/mol. The molecule has 0 aliphatic heterocycles. The zero-order valence-electron chi connectivity index (χ0n) is 14.6. The van der Waals surface area contributed by atoms with Gasteiger partial charge in [0.15, 0.2) is 5.96 Å². The summed E-state index contributed by atoms with van der Waals surface area (Å²) in [6.07, 6.45) is 2.14. The van der Waals surface area contributed by atoms with Gasteiger partial charge >= 0.3 is 0 Å². The van der Waals surface area contributed by atoms with Crippen molar-refractivity contribution in [3.63, 3.8) is 0 Å².